The van der Waals surface area contributed by atoms with Crippen LogP contribution in [0.15, 0.2) is 36.7 Å². The first-order valence-corrected chi connectivity index (χ1v) is 14.6. The normalized spacial score (nSPS) is 18.9. The molecule has 16 heteroatoms. The van der Waals surface area contributed by atoms with Crippen molar-refractivity contribution in [3.05, 3.63) is 69.0 Å². The number of fused-ring (bicyclic) bond motifs is 2. The van der Waals surface area contributed by atoms with Gasteiger partial charge in [0.15, 0.2) is 11.5 Å². The highest BCUT2D eigenvalue weighted by Crippen LogP contribution is 2.44. The zero-order valence-electron chi connectivity index (χ0n) is 23.0. The predicted molar refractivity (Wildman–Crippen MR) is 154 cm³/mol. The molecule has 0 bridgehead atoms. The SMILES string of the molecule is O=C1CC[C@H](N2Cc3cc(Cn4ncc5c(-c6ncc(C(F)(F)F)cc6Cl)c(Cl)c(N6CC(F)C6)nc54)ccc3C2=O)C(=O)N1. The topological polar surface area (TPSA) is 113 Å². The van der Waals surface area contributed by atoms with E-state index in [2.05, 4.69) is 20.4 Å². The van der Waals surface area contributed by atoms with Gasteiger partial charge in [-0.25, -0.2) is 14.1 Å². The number of halogens is 6. The number of hydrogen-bond donors (Lipinski definition) is 1. The third-order valence-electron chi connectivity index (χ3n) is 8.17. The molecule has 0 radical (unpaired) electrons. The second kappa shape index (κ2) is 10.7. The van der Waals surface area contributed by atoms with Crippen molar-refractivity contribution in [3.63, 3.8) is 0 Å². The molecule has 0 spiro atoms. The molecule has 1 aromatic carbocycles. The molecule has 3 amide bonds. The van der Waals surface area contributed by atoms with Crippen molar-refractivity contribution >= 4 is 57.8 Å². The summed E-state index contributed by atoms with van der Waals surface area (Å²) in [5.41, 5.74) is 1.38. The number of rotatable bonds is 5. The lowest BCUT2D eigenvalue weighted by Gasteiger charge is -2.36. The Balaban J connectivity index is 1.25. The van der Waals surface area contributed by atoms with E-state index in [0.29, 0.717) is 28.4 Å². The Morgan fingerprint density at radius 1 is 1.07 bits per heavy atom. The quantitative estimate of drug-likeness (QED) is 0.242. The molecule has 4 aromatic rings. The first-order chi connectivity index (χ1) is 21.4. The molecule has 45 heavy (non-hydrogen) atoms. The predicted octanol–water partition coefficient (Wildman–Crippen LogP) is 4.79. The van der Waals surface area contributed by atoms with Crippen LogP contribution in [0, 0.1) is 0 Å². The molecule has 3 aliphatic rings. The van der Waals surface area contributed by atoms with Gasteiger partial charge < -0.3 is 9.80 Å². The first-order valence-electron chi connectivity index (χ1n) is 13.8. The number of nitrogens with zero attached hydrogens (tertiary/aromatic N) is 6. The highest BCUT2D eigenvalue weighted by molar-refractivity contribution is 6.39. The lowest BCUT2D eigenvalue weighted by Crippen LogP contribution is -2.52. The minimum absolute atomic E-state index is 0.00947. The summed E-state index contributed by atoms with van der Waals surface area (Å²) in [4.78, 5) is 48.8. The van der Waals surface area contributed by atoms with Gasteiger partial charge in [-0.3, -0.25) is 24.7 Å². The minimum atomic E-state index is -4.66. The molecule has 0 unspecified atom stereocenters. The van der Waals surface area contributed by atoms with Crippen LogP contribution in [0.1, 0.15) is 39.9 Å². The number of pyridine rings is 2. The fourth-order valence-electron chi connectivity index (χ4n) is 5.88. The smallest absolute Gasteiger partial charge is 0.349 e. The van der Waals surface area contributed by atoms with E-state index in [1.165, 1.54) is 11.1 Å². The Labute approximate surface area is 261 Å². The van der Waals surface area contributed by atoms with Gasteiger partial charge in [0, 0.05) is 30.3 Å². The number of anilines is 1. The number of alkyl halides is 4. The van der Waals surface area contributed by atoms with Crippen LogP contribution >= 0.6 is 23.2 Å². The summed E-state index contributed by atoms with van der Waals surface area (Å²) in [6, 6.07) is 5.25. The van der Waals surface area contributed by atoms with E-state index >= 15 is 0 Å². The second-order valence-electron chi connectivity index (χ2n) is 11.1. The van der Waals surface area contributed by atoms with Crippen LogP contribution in [0.3, 0.4) is 0 Å². The molecule has 1 atom stereocenters. The van der Waals surface area contributed by atoms with Gasteiger partial charge in [0.05, 0.1) is 52.5 Å². The fourth-order valence-corrected chi connectivity index (χ4v) is 6.50. The van der Waals surface area contributed by atoms with E-state index in [0.717, 1.165) is 11.6 Å². The van der Waals surface area contributed by atoms with Crippen LogP contribution in [-0.4, -0.2) is 67.7 Å². The van der Waals surface area contributed by atoms with E-state index in [9.17, 15) is 31.9 Å². The van der Waals surface area contributed by atoms with Crippen molar-refractivity contribution in [3.8, 4) is 11.3 Å². The third kappa shape index (κ3) is 5.05. The standard InChI is InChI=1S/C29H21Cl2F4N7O3/c30-19-6-15(29(33,34)35)7-36-24(19)22-18-8-37-42(25(18)39-26(23(22)31)40-11-16(32)12-40)9-13-1-2-17-14(5-13)10-41(28(17)45)20-3-4-21(43)38-27(20)44/h1-2,5-8,16,20H,3-4,9-12H2,(H,38,43,44)/t20-/m0/s1. The van der Waals surface area contributed by atoms with Gasteiger partial charge in [-0.2, -0.15) is 18.3 Å². The van der Waals surface area contributed by atoms with Crippen LogP contribution in [0.2, 0.25) is 10.0 Å². The van der Waals surface area contributed by atoms with Crippen molar-refractivity contribution in [2.75, 3.05) is 18.0 Å². The van der Waals surface area contributed by atoms with Crippen LogP contribution < -0.4 is 10.2 Å². The van der Waals surface area contributed by atoms with E-state index in [4.69, 9.17) is 23.2 Å². The Morgan fingerprint density at radius 3 is 2.53 bits per heavy atom. The largest absolute Gasteiger partial charge is 0.417 e. The molecule has 1 N–H and O–H groups in total. The molecule has 0 saturated carbocycles. The summed E-state index contributed by atoms with van der Waals surface area (Å²) in [6.07, 6.45) is -3.24. The summed E-state index contributed by atoms with van der Waals surface area (Å²) in [5.74, 6) is -0.962. The highest BCUT2D eigenvalue weighted by atomic mass is 35.5. The molecule has 2 fully saturated rings. The Morgan fingerprint density at radius 2 is 1.84 bits per heavy atom. The van der Waals surface area contributed by atoms with Gasteiger partial charge in [-0.15, -0.1) is 0 Å². The summed E-state index contributed by atoms with van der Waals surface area (Å²) in [7, 11) is 0. The molecule has 0 aliphatic carbocycles. The van der Waals surface area contributed by atoms with Gasteiger partial charge >= 0.3 is 6.18 Å². The number of nitrogens with one attached hydrogen (secondary N) is 1. The molecule has 10 nitrogen and oxygen atoms in total. The van der Waals surface area contributed by atoms with Crippen LogP contribution in [-0.2, 0) is 28.9 Å². The third-order valence-corrected chi connectivity index (χ3v) is 8.82. The number of hydrogen-bond acceptors (Lipinski definition) is 7. The molecule has 7 rings (SSSR count). The van der Waals surface area contributed by atoms with E-state index < -0.39 is 29.9 Å². The summed E-state index contributed by atoms with van der Waals surface area (Å²) >= 11 is 13.1. The number of carbonyl (C=O) groups excluding carboxylic acids is 3. The molecular weight excluding hydrogens is 641 g/mol. The maximum atomic E-state index is 13.8. The summed E-state index contributed by atoms with van der Waals surface area (Å²) < 4.78 is 55.3. The van der Waals surface area contributed by atoms with E-state index in [1.807, 2.05) is 6.07 Å². The number of carbonyl (C=O) groups is 3. The Hall–Kier alpha value is -4.30. The molecule has 6 heterocycles. The van der Waals surface area contributed by atoms with Gasteiger partial charge in [0.1, 0.15) is 12.2 Å². The number of aromatic nitrogens is 4. The molecule has 232 valence electrons. The van der Waals surface area contributed by atoms with Crippen molar-refractivity contribution in [1.82, 2.24) is 30.0 Å². The molecular formula is C29H21Cl2F4N7O3. The van der Waals surface area contributed by atoms with Crippen molar-refractivity contribution in [1.29, 1.82) is 0 Å². The average Bonchev–Trinajstić information content (AvgIpc) is 3.51. The lowest BCUT2D eigenvalue weighted by molar-refractivity contribution is -0.138. The highest BCUT2D eigenvalue weighted by Gasteiger charge is 2.39. The van der Waals surface area contributed by atoms with Crippen LogP contribution in [0.4, 0.5) is 23.4 Å². The zero-order chi connectivity index (χ0) is 31.8. The lowest BCUT2D eigenvalue weighted by atomic mass is 10.0. The fraction of sp³-hybridized carbons (Fsp3) is 0.310. The van der Waals surface area contributed by atoms with Gasteiger partial charge in [-0.1, -0.05) is 35.3 Å². The Bertz CT molecular complexity index is 1930. The number of benzene rings is 1. The van der Waals surface area contributed by atoms with Crippen molar-refractivity contribution in [2.24, 2.45) is 0 Å². The number of imide groups is 1. The maximum Gasteiger partial charge on any atom is 0.417 e. The Kier molecular flexibility index (Phi) is 6.96. The van der Waals surface area contributed by atoms with E-state index in [1.54, 1.807) is 21.7 Å². The van der Waals surface area contributed by atoms with Crippen molar-refractivity contribution in [2.45, 2.75) is 44.3 Å². The second-order valence-corrected chi connectivity index (χ2v) is 11.9. The molecule has 3 aliphatic heterocycles. The van der Waals surface area contributed by atoms with Crippen LogP contribution in [0.5, 0.6) is 0 Å². The number of piperidine rings is 1. The van der Waals surface area contributed by atoms with Crippen LogP contribution in [0.25, 0.3) is 22.3 Å². The van der Waals surface area contributed by atoms with Gasteiger partial charge in [0.2, 0.25) is 11.8 Å². The number of amides is 3. The van der Waals surface area contributed by atoms with Crippen molar-refractivity contribution < 1.29 is 31.9 Å². The average molecular weight is 662 g/mol. The summed E-state index contributed by atoms with van der Waals surface area (Å²) in [5, 5.41) is 6.88. The summed E-state index contributed by atoms with van der Waals surface area (Å²) in [6.45, 7) is 0.426. The van der Waals surface area contributed by atoms with E-state index in [-0.39, 0.29) is 78.0 Å². The maximum absolute atomic E-state index is 13.8. The molecule has 3 aromatic heterocycles. The van der Waals surface area contributed by atoms with Gasteiger partial charge in [-0.05, 0) is 29.7 Å². The minimum Gasteiger partial charge on any atom is -0.349 e. The molecule has 2 saturated heterocycles. The van der Waals surface area contributed by atoms with Gasteiger partial charge in [0.25, 0.3) is 5.91 Å². The zero-order valence-corrected chi connectivity index (χ0v) is 24.5. The first kappa shape index (κ1) is 29.4. The monoisotopic (exact) mass is 661 g/mol.